The molecule has 26 heavy (non-hydrogen) atoms. The highest BCUT2D eigenvalue weighted by atomic mass is 79.9. The van der Waals surface area contributed by atoms with Crippen molar-refractivity contribution < 1.29 is 9.59 Å². The van der Waals surface area contributed by atoms with Crippen LogP contribution >= 0.6 is 27.3 Å². The largest absolute Gasteiger partial charge is 0.338 e. The van der Waals surface area contributed by atoms with Gasteiger partial charge in [-0.15, -0.1) is 11.3 Å². The Morgan fingerprint density at radius 2 is 2.04 bits per heavy atom. The van der Waals surface area contributed by atoms with Gasteiger partial charge in [0.15, 0.2) is 0 Å². The molecule has 1 fully saturated rings. The summed E-state index contributed by atoms with van der Waals surface area (Å²) in [6, 6.07) is 9.38. The highest BCUT2D eigenvalue weighted by molar-refractivity contribution is 9.10. The van der Waals surface area contributed by atoms with E-state index < -0.39 is 0 Å². The molecule has 1 atom stereocenters. The number of carbonyl (C=O) groups excluding carboxylic acids is 2. The number of amides is 3. The summed E-state index contributed by atoms with van der Waals surface area (Å²) in [4.78, 5) is 27.4. The zero-order chi connectivity index (χ0) is 18.5. The lowest BCUT2D eigenvalue weighted by Gasteiger charge is -2.32. The van der Waals surface area contributed by atoms with Crippen molar-refractivity contribution >= 4 is 44.9 Å². The fourth-order valence-corrected chi connectivity index (χ4v) is 4.56. The summed E-state index contributed by atoms with van der Waals surface area (Å²) in [7, 11) is 0. The van der Waals surface area contributed by atoms with E-state index in [1.807, 2.05) is 47.5 Å². The molecule has 2 N–H and O–H groups in total. The molecule has 0 bridgehead atoms. The Balaban J connectivity index is 1.49. The highest BCUT2D eigenvalue weighted by Gasteiger charge is 2.26. The van der Waals surface area contributed by atoms with Gasteiger partial charge >= 0.3 is 6.03 Å². The van der Waals surface area contributed by atoms with Crippen molar-refractivity contribution in [2.24, 2.45) is 5.92 Å². The summed E-state index contributed by atoms with van der Waals surface area (Å²) in [5.74, 6) is 0.343. The molecule has 7 heteroatoms. The first-order chi connectivity index (χ1) is 12.5. The third-order valence-electron chi connectivity index (χ3n) is 4.48. The van der Waals surface area contributed by atoms with Gasteiger partial charge in [-0.05, 0) is 65.2 Å². The van der Waals surface area contributed by atoms with Crippen LogP contribution in [0.5, 0.6) is 0 Å². The normalized spacial score (nSPS) is 17.0. The van der Waals surface area contributed by atoms with Crippen LogP contribution in [0.25, 0.3) is 0 Å². The zero-order valence-electron chi connectivity index (χ0n) is 14.6. The molecule has 3 rings (SSSR count). The lowest BCUT2D eigenvalue weighted by Crippen LogP contribution is -2.44. The molecule has 3 amide bonds. The first kappa shape index (κ1) is 18.9. The highest BCUT2D eigenvalue weighted by Crippen LogP contribution is 2.26. The summed E-state index contributed by atoms with van der Waals surface area (Å²) in [6.07, 6.45) is 1.97. The smallest absolute Gasteiger partial charge is 0.319 e. The minimum atomic E-state index is -0.210. The van der Waals surface area contributed by atoms with E-state index in [0.717, 1.165) is 40.0 Å². The second-order valence-corrected chi connectivity index (χ2v) is 8.33. The topological polar surface area (TPSA) is 61.4 Å². The van der Waals surface area contributed by atoms with Gasteiger partial charge in [-0.25, -0.2) is 4.79 Å². The summed E-state index contributed by atoms with van der Waals surface area (Å²) >= 11 is 4.89. The number of halogens is 1. The molecular weight excluding hydrogens is 414 g/mol. The van der Waals surface area contributed by atoms with Crippen LogP contribution < -0.4 is 10.6 Å². The van der Waals surface area contributed by atoms with Gasteiger partial charge < -0.3 is 15.5 Å². The third-order valence-corrected chi connectivity index (χ3v) is 6.30. The van der Waals surface area contributed by atoms with Gasteiger partial charge in [0.05, 0.1) is 0 Å². The third kappa shape index (κ3) is 4.86. The van der Waals surface area contributed by atoms with Crippen LogP contribution in [0.4, 0.5) is 10.5 Å². The van der Waals surface area contributed by atoms with Gasteiger partial charge in [-0.1, -0.05) is 17.7 Å². The summed E-state index contributed by atoms with van der Waals surface area (Å²) in [5.41, 5.74) is 1.93. The molecule has 0 radical (unpaired) electrons. The number of anilines is 1. The number of hydrogen-bond acceptors (Lipinski definition) is 3. The molecule has 1 saturated heterocycles. The minimum Gasteiger partial charge on any atom is -0.338 e. The second-order valence-electron chi connectivity index (χ2n) is 6.56. The molecule has 5 nitrogen and oxygen atoms in total. The number of benzene rings is 1. The van der Waals surface area contributed by atoms with E-state index in [1.165, 1.54) is 11.3 Å². The zero-order valence-corrected chi connectivity index (χ0v) is 17.0. The maximum Gasteiger partial charge on any atom is 0.319 e. The molecule has 1 unspecified atom stereocenters. The molecule has 0 aliphatic carbocycles. The molecule has 1 aliphatic heterocycles. The number of nitrogens with one attached hydrogen (secondary N) is 2. The number of urea groups is 1. The number of hydrogen-bond donors (Lipinski definition) is 2. The Hall–Kier alpha value is -1.86. The first-order valence-corrected chi connectivity index (χ1v) is 10.3. The number of carbonyl (C=O) groups is 2. The monoisotopic (exact) mass is 435 g/mol. The summed E-state index contributed by atoms with van der Waals surface area (Å²) < 4.78 is 0.852. The second kappa shape index (κ2) is 8.68. The van der Waals surface area contributed by atoms with Crippen LogP contribution in [-0.4, -0.2) is 36.5 Å². The van der Waals surface area contributed by atoms with Crippen LogP contribution in [0.1, 0.15) is 28.1 Å². The number of thiophene rings is 1. The Kier molecular flexibility index (Phi) is 6.32. The number of piperidine rings is 1. The lowest BCUT2D eigenvalue weighted by molar-refractivity contribution is 0.0679. The van der Waals surface area contributed by atoms with E-state index in [0.29, 0.717) is 13.1 Å². The van der Waals surface area contributed by atoms with E-state index in [9.17, 15) is 9.59 Å². The van der Waals surface area contributed by atoms with E-state index in [2.05, 4.69) is 26.6 Å². The van der Waals surface area contributed by atoms with Gasteiger partial charge in [0.2, 0.25) is 0 Å². The minimum absolute atomic E-state index is 0.0701. The van der Waals surface area contributed by atoms with Gasteiger partial charge in [-0.3, -0.25) is 4.79 Å². The SMILES string of the molecule is Cc1ccc(NC(=O)NCC2CCCN(C(=O)c3sccc3Br)C2)cc1. The number of aryl methyl sites for hydroxylation is 1. The van der Waals surface area contributed by atoms with Gasteiger partial charge in [0.1, 0.15) is 4.88 Å². The molecule has 2 heterocycles. The van der Waals surface area contributed by atoms with Crippen molar-refractivity contribution in [2.75, 3.05) is 25.0 Å². The van der Waals surface area contributed by atoms with E-state index >= 15 is 0 Å². The summed E-state index contributed by atoms with van der Waals surface area (Å²) in [5, 5.41) is 7.68. The van der Waals surface area contributed by atoms with Crippen LogP contribution in [-0.2, 0) is 0 Å². The average molecular weight is 436 g/mol. The Morgan fingerprint density at radius 3 is 2.73 bits per heavy atom. The van der Waals surface area contributed by atoms with Crippen molar-refractivity contribution in [3.05, 3.63) is 50.6 Å². The van der Waals surface area contributed by atoms with Crippen molar-refractivity contribution in [3.8, 4) is 0 Å². The Bertz CT molecular complexity index is 775. The van der Waals surface area contributed by atoms with Crippen LogP contribution in [0.15, 0.2) is 40.2 Å². The predicted octanol–water partition coefficient (Wildman–Crippen LogP) is 4.49. The fourth-order valence-electron chi connectivity index (χ4n) is 3.06. The predicted molar refractivity (Wildman–Crippen MR) is 109 cm³/mol. The number of rotatable bonds is 4. The quantitative estimate of drug-likeness (QED) is 0.742. The Morgan fingerprint density at radius 1 is 1.27 bits per heavy atom. The van der Waals surface area contributed by atoms with Crippen molar-refractivity contribution in [3.63, 3.8) is 0 Å². The number of nitrogens with zero attached hydrogens (tertiary/aromatic N) is 1. The van der Waals surface area contributed by atoms with E-state index in [4.69, 9.17) is 0 Å². The maximum atomic E-state index is 12.6. The average Bonchev–Trinajstić information content (AvgIpc) is 3.07. The first-order valence-electron chi connectivity index (χ1n) is 8.66. The molecular formula is C19H22BrN3O2S. The van der Waals surface area contributed by atoms with E-state index in [-0.39, 0.29) is 17.9 Å². The molecule has 2 aromatic rings. The van der Waals surface area contributed by atoms with Crippen LogP contribution in [0, 0.1) is 12.8 Å². The van der Waals surface area contributed by atoms with Crippen LogP contribution in [0.2, 0.25) is 0 Å². The Labute approximate surface area is 165 Å². The molecule has 1 aromatic heterocycles. The standard InChI is InChI=1S/C19H22BrN3O2S/c1-13-4-6-15(7-5-13)22-19(25)21-11-14-3-2-9-23(12-14)18(24)17-16(20)8-10-26-17/h4-8,10,14H,2-3,9,11-12H2,1H3,(H2,21,22,25). The van der Waals surface area contributed by atoms with Gasteiger partial charge in [0, 0.05) is 29.8 Å². The van der Waals surface area contributed by atoms with E-state index in [1.54, 1.807) is 0 Å². The summed E-state index contributed by atoms with van der Waals surface area (Å²) in [6.45, 7) is 4.02. The number of likely N-dealkylation sites (tertiary alicyclic amines) is 1. The van der Waals surface area contributed by atoms with Gasteiger partial charge in [-0.2, -0.15) is 0 Å². The molecule has 1 aromatic carbocycles. The fraction of sp³-hybridized carbons (Fsp3) is 0.368. The molecule has 0 saturated carbocycles. The van der Waals surface area contributed by atoms with Gasteiger partial charge in [0.25, 0.3) is 5.91 Å². The van der Waals surface area contributed by atoms with Crippen molar-refractivity contribution in [1.82, 2.24) is 10.2 Å². The van der Waals surface area contributed by atoms with Crippen molar-refractivity contribution in [2.45, 2.75) is 19.8 Å². The molecule has 1 aliphatic rings. The lowest BCUT2D eigenvalue weighted by atomic mass is 9.98. The molecule has 0 spiro atoms. The maximum absolute atomic E-state index is 12.6. The molecule has 138 valence electrons. The van der Waals surface area contributed by atoms with Crippen molar-refractivity contribution in [1.29, 1.82) is 0 Å². The van der Waals surface area contributed by atoms with Crippen LogP contribution in [0.3, 0.4) is 0 Å².